The summed E-state index contributed by atoms with van der Waals surface area (Å²) in [5.74, 6) is 0. The molecule has 0 radical (unpaired) electrons. The van der Waals surface area contributed by atoms with Crippen LogP contribution in [0.25, 0.3) is 0 Å². The molecule has 0 aromatic carbocycles. The Morgan fingerprint density at radius 3 is 2.64 bits per heavy atom. The van der Waals surface area contributed by atoms with E-state index < -0.39 is 0 Å². The first-order valence-electron chi connectivity index (χ1n) is 5.62. The van der Waals surface area contributed by atoms with E-state index in [2.05, 4.69) is 31.0 Å². The highest BCUT2D eigenvalue weighted by Crippen LogP contribution is 2.27. The van der Waals surface area contributed by atoms with Crippen LogP contribution in [0.15, 0.2) is 0 Å². The second-order valence-electron chi connectivity index (χ2n) is 5.82. The Balaban J connectivity index is 1.98. The summed E-state index contributed by atoms with van der Waals surface area (Å²) < 4.78 is 0. The van der Waals surface area contributed by atoms with Gasteiger partial charge in [0.25, 0.3) is 0 Å². The summed E-state index contributed by atoms with van der Waals surface area (Å²) >= 11 is 0. The SMILES string of the molecule is CC(C)(C)[C@H]1CN2C[C@H](O)C[C@H]2CN1. The van der Waals surface area contributed by atoms with Crippen molar-refractivity contribution in [2.45, 2.75) is 45.4 Å². The average molecular weight is 198 g/mol. The highest BCUT2D eigenvalue weighted by atomic mass is 16.3. The van der Waals surface area contributed by atoms with Crippen LogP contribution >= 0.6 is 0 Å². The molecule has 0 saturated carbocycles. The summed E-state index contributed by atoms with van der Waals surface area (Å²) in [5.41, 5.74) is 0.318. The molecule has 0 aliphatic carbocycles. The van der Waals surface area contributed by atoms with Crippen LogP contribution < -0.4 is 5.32 Å². The lowest BCUT2D eigenvalue weighted by molar-refractivity contribution is 0.109. The smallest absolute Gasteiger partial charge is 0.0682 e. The molecule has 2 N–H and O–H groups in total. The fourth-order valence-electron chi connectivity index (χ4n) is 2.55. The summed E-state index contributed by atoms with van der Waals surface area (Å²) in [6.45, 7) is 9.83. The minimum absolute atomic E-state index is 0.0967. The van der Waals surface area contributed by atoms with E-state index in [4.69, 9.17) is 0 Å². The molecule has 2 saturated heterocycles. The van der Waals surface area contributed by atoms with Crippen molar-refractivity contribution >= 4 is 0 Å². The molecule has 14 heavy (non-hydrogen) atoms. The number of aliphatic hydroxyl groups excluding tert-OH is 1. The third kappa shape index (κ3) is 1.95. The number of nitrogens with zero attached hydrogens (tertiary/aromatic N) is 1. The highest BCUT2D eigenvalue weighted by molar-refractivity contribution is 4.96. The van der Waals surface area contributed by atoms with Crippen molar-refractivity contribution < 1.29 is 5.11 Å². The Morgan fingerprint density at radius 1 is 1.29 bits per heavy atom. The van der Waals surface area contributed by atoms with Gasteiger partial charge in [-0.3, -0.25) is 4.90 Å². The van der Waals surface area contributed by atoms with Gasteiger partial charge >= 0.3 is 0 Å². The zero-order chi connectivity index (χ0) is 10.3. The molecule has 3 nitrogen and oxygen atoms in total. The van der Waals surface area contributed by atoms with Crippen molar-refractivity contribution in [2.75, 3.05) is 19.6 Å². The van der Waals surface area contributed by atoms with E-state index in [1.165, 1.54) is 0 Å². The number of hydrogen-bond acceptors (Lipinski definition) is 3. The molecule has 0 bridgehead atoms. The van der Waals surface area contributed by atoms with Gasteiger partial charge in [-0.1, -0.05) is 20.8 Å². The normalized spacial score (nSPS) is 39.9. The lowest BCUT2D eigenvalue weighted by atomic mass is 9.85. The first kappa shape index (κ1) is 10.4. The molecular weight excluding hydrogens is 176 g/mol. The minimum atomic E-state index is -0.0967. The van der Waals surface area contributed by atoms with E-state index in [9.17, 15) is 5.11 Å². The number of rotatable bonds is 0. The molecule has 2 rings (SSSR count). The van der Waals surface area contributed by atoms with Gasteiger partial charge in [0.05, 0.1) is 6.10 Å². The van der Waals surface area contributed by atoms with Crippen molar-refractivity contribution in [1.29, 1.82) is 0 Å². The largest absolute Gasteiger partial charge is 0.392 e. The standard InChI is InChI=1S/C11H22N2O/c1-11(2,3)10-7-13-6-9(14)4-8(13)5-12-10/h8-10,12,14H,4-7H2,1-3H3/t8-,9+,10+/m0/s1. The van der Waals surface area contributed by atoms with Crippen LogP contribution in [0, 0.1) is 5.41 Å². The fourth-order valence-corrected chi connectivity index (χ4v) is 2.55. The van der Waals surface area contributed by atoms with Crippen LogP contribution in [0.5, 0.6) is 0 Å². The maximum Gasteiger partial charge on any atom is 0.0682 e. The molecule has 2 heterocycles. The molecule has 0 spiro atoms. The average Bonchev–Trinajstić information content (AvgIpc) is 2.41. The van der Waals surface area contributed by atoms with E-state index in [0.29, 0.717) is 17.5 Å². The van der Waals surface area contributed by atoms with Gasteiger partial charge in [-0.05, 0) is 11.8 Å². The van der Waals surface area contributed by atoms with Crippen molar-refractivity contribution in [3.05, 3.63) is 0 Å². The van der Waals surface area contributed by atoms with Gasteiger partial charge in [0.2, 0.25) is 0 Å². The highest BCUT2D eigenvalue weighted by Gasteiger charge is 2.38. The first-order chi connectivity index (χ1) is 6.47. The number of nitrogens with one attached hydrogen (secondary N) is 1. The van der Waals surface area contributed by atoms with Gasteiger partial charge in [-0.2, -0.15) is 0 Å². The Bertz CT molecular complexity index is 212. The molecule has 2 fully saturated rings. The molecule has 2 aliphatic rings. The summed E-state index contributed by atoms with van der Waals surface area (Å²) in [6.07, 6.45) is 0.852. The van der Waals surface area contributed by atoms with Crippen molar-refractivity contribution in [3.63, 3.8) is 0 Å². The molecule has 0 unspecified atom stereocenters. The van der Waals surface area contributed by atoms with Crippen LogP contribution in [0.3, 0.4) is 0 Å². The molecule has 0 amide bonds. The third-order valence-corrected chi connectivity index (χ3v) is 3.57. The van der Waals surface area contributed by atoms with E-state index in [0.717, 1.165) is 26.1 Å². The first-order valence-corrected chi connectivity index (χ1v) is 5.62. The number of hydrogen-bond donors (Lipinski definition) is 2. The Labute approximate surface area is 86.5 Å². The Hall–Kier alpha value is -0.120. The Morgan fingerprint density at radius 2 is 2.00 bits per heavy atom. The number of aliphatic hydroxyl groups is 1. The molecule has 3 heteroatoms. The van der Waals surface area contributed by atoms with Gasteiger partial charge in [0.15, 0.2) is 0 Å². The minimum Gasteiger partial charge on any atom is -0.392 e. The maximum atomic E-state index is 9.58. The molecular formula is C11H22N2O. The zero-order valence-electron chi connectivity index (χ0n) is 9.45. The molecule has 3 atom stereocenters. The topological polar surface area (TPSA) is 35.5 Å². The van der Waals surface area contributed by atoms with Crippen LogP contribution in [-0.2, 0) is 0 Å². The van der Waals surface area contributed by atoms with E-state index in [-0.39, 0.29) is 6.10 Å². The third-order valence-electron chi connectivity index (χ3n) is 3.57. The van der Waals surface area contributed by atoms with Crippen LogP contribution in [0.2, 0.25) is 0 Å². The van der Waals surface area contributed by atoms with Crippen molar-refractivity contribution in [1.82, 2.24) is 10.2 Å². The van der Waals surface area contributed by atoms with Gasteiger partial charge in [0, 0.05) is 31.7 Å². The van der Waals surface area contributed by atoms with Crippen LogP contribution in [0.4, 0.5) is 0 Å². The quantitative estimate of drug-likeness (QED) is 0.593. The summed E-state index contributed by atoms with van der Waals surface area (Å²) in [6, 6.07) is 1.13. The fraction of sp³-hybridized carbons (Fsp3) is 1.00. The number of piperazine rings is 1. The lowest BCUT2D eigenvalue weighted by Gasteiger charge is -2.42. The van der Waals surface area contributed by atoms with Crippen molar-refractivity contribution in [2.24, 2.45) is 5.41 Å². The predicted octanol–water partition coefficient (Wildman–Crippen LogP) is 0.439. The molecule has 0 aromatic heterocycles. The predicted molar refractivity (Wildman–Crippen MR) is 57.2 cm³/mol. The van der Waals surface area contributed by atoms with Crippen molar-refractivity contribution in [3.8, 4) is 0 Å². The summed E-state index contributed by atoms with van der Waals surface area (Å²) in [7, 11) is 0. The summed E-state index contributed by atoms with van der Waals surface area (Å²) in [5, 5.41) is 13.2. The van der Waals surface area contributed by atoms with Crippen LogP contribution in [-0.4, -0.2) is 47.8 Å². The molecule has 82 valence electrons. The Kier molecular flexibility index (Phi) is 2.58. The lowest BCUT2D eigenvalue weighted by Crippen LogP contribution is -2.58. The zero-order valence-corrected chi connectivity index (χ0v) is 9.45. The van der Waals surface area contributed by atoms with Gasteiger partial charge < -0.3 is 10.4 Å². The molecule has 2 aliphatic heterocycles. The second-order valence-corrected chi connectivity index (χ2v) is 5.82. The second kappa shape index (κ2) is 3.47. The van der Waals surface area contributed by atoms with Gasteiger partial charge in [0.1, 0.15) is 0 Å². The van der Waals surface area contributed by atoms with Gasteiger partial charge in [-0.25, -0.2) is 0 Å². The number of fused-ring (bicyclic) bond motifs is 1. The maximum absolute atomic E-state index is 9.58. The van der Waals surface area contributed by atoms with Gasteiger partial charge in [-0.15, -0.1) is 0 Å². The van der Waals surface area contributed by atoms with Crippen LogP contribution in [0.1, 0.15) is 27.2 Å². The van der Waals surface area contributed by atoms with E-state index in [1.807, 2.05) is 0 Å². The summed E-state index contributed by atoms with van der Waals surface area (Å²) in [4.78, 5) is 2.44. The monoisotopic (exact) mass is 198 g/mol. The van der Waals surface area contributed by atoms with E-state index in [1.54, 1.807) is 0 Å². The van der Waals surface area contributed by atoms with E-state index >= 15 is 0 Å². The molecule has 0 aromatic rings.